The number of amides is 11. The lowest BCUT2D eigenvalue weighted by Gasteiger charge is -2.32. The fourth-order valence-electron chi connectivity index (χ4n) is 8.45. The zero-order valence-electron chi connectivity index (χ0n) is 46.7. The zero-order valence-corrected chi connectivity index (χ0v) is 49.3. The summed E-state index contributed by atoms with van der Waals surface area (Å²) in [7, 11) is 0. The van der Waals surface area contributed by atoms with Crippen molar-refractivity contribution >= 4 is 119 Å². The number of para-hydroxylation sites is 1. The van der Waals surface area contributed by atoms with Crippen molar-refractivity contribution < 1.29 is 72.9 Å². The van der Waals surface area contributed by atoms with E-state index in [1.54, 1.807) is 44.3 Å². The van der Waals surface area contributed by atoms with Gasteiger partial charge in [0, 0.05) is 41.6 Å². The van der Waals surface area contributed by atoms with E-state index >= 15 is 0 Å². The number of carbonyl (C=O) groups excluding carboxylic acids is 11. The smallest absolute Gasteiger partial charge is 0.326 e. The summed E-state index contributed by atoms with van der Waals surface area (Å²) in [6, 6.07) is -6.12. The fourth-order valence-corrected chi connectivity index (χ4v) is 9.43. The van der Waals surface area contributed by atoms with Crippen molar-refractivity contribution in [1.82, 2.24) is 63.1 Å². The standard InChI is InChI=1S/C51H80N14O15S3/c1-26(2)41(50(78)65-16-9-13-38(65)49(77)63-37(25-82)48(76)60-34(22-66)43(71)56-20-39(68)55-21-40(69)57-32(51(79)80)12-7-8-15-52)64-46(74)35(23-67)61-45(73)33(18-28-19-54-30-11-6-5-10-29(28)30)59-47(75)36(24-81)62-44(72)31(14-17-83-4)58-42(70)27(3)53/h5-6,10-11,19,26-27,31-38,41,54,66-67,81-82H,7-9,12-18,20-25,52-53H2,1-4H3,(H,55,68)(H,56,71)(H,57,69)(H,58,70)(H,59,75)(H,60,76)(H,61,73)(H,62,72)(H,63,77)(H,64,74)(H,79,80)/t27-,31-,32-,33-,34-,35-,36-,37-,38-,41-/m0/s1. The largest absolute Gasteiger partial charge is 0.480 e. The lowest BCUT2D eigenvalue weighted by molar-refractivity contribution is -0.143. The van der Waals surface area contributed by atoms with E-state index in [0.29, 0.717) is 48.0 Å². The molecule has 1 fully saturated rings. The molecule has 10 atom stereocenters. The van der Waals surface area contributed by atoms with Crippen molar-refractivity contribution in [3.8, 4) is 0 Å². The third kappa shape index (κ3) is 22.4. The summed E-state index contributed by atoms with van der Waals surface area (Å²) in [5, 5.41) is 54.8. The maximum Gasteiger partial charge on any atom is 0.326 e. The van der Waals surface area contributed by atoms with Crippen LogP contribution in [0.3, 0.4) is 0 Å². The Bertz CT molecular complexity index is 2580. The number of aliphatic hydroxyl groups excluding tert-OH is 2. The number of unbranched alkanes of at least 4 members (excludes halogenated alkanes) is 1. The SMILES string of the molecule is CSCC[C@H](NC(=O)[C@H](C)N)C(=O)N[C@@H](CS)C(=O)N[C@@H](Cc1c[nH]c2ccccc12)C(=O)N[C@@H](CO)C(=O)N[C@H](C(=O)N1CCC[C@H]1C(=O)N[C@@H](CS)C(=O)N[C@@H](CO)C(=O)NCC(=O)NCC(=O)N[C@@H](CCCCN)C(=O)O)C(C)C. The Kier molecular flexibility index (Phi) is 30.7. The predicted octanol–water partition coefficient (Wildman–Crippen LogP) is -5.37. The average molecular weight is 1230 g/mol. The number of nitrogens with one attached hydrogen (secondary N) is 11. The van der Waals surface area contributed by atoms with Crippen LogP contribution in [0.1, 0.15) is 64.9 Å². The number of H-pyrrole nitrogens is 1. The molecule has 32 heteroatoms. The number of carbonyl (C=O) groups is 12. The number of aromatic nitrogens is 1. The fraction of sp³-hybridized carbons (Fsp3) is 0.608. The summed E-state index contributed by atoms with van der Waals surface area (Å²) in [6.45, 7) is 1.77. The van der Waals surface area contributed by atoms with E-state index in [4.69, 9.17) is 11.5 Å². The number of benzene rings is 1. The molecule has 18 N–H and O–H groups in total. The van der Waals surface area contributed by atoms with Gasteiger partial charge in [-0.05, 0) is 81.5 Å². The highest BCUT2D eigenvalue weighted by molar-refractivity contribution is 7.98. The number of hydrogen-bond donors (Lipinski definition) is 18. The summed E-state index contributed by atoms with van der Waals surface area (Å²) in [5.74, 6) is -11.3. The molecule has 462 valence electrons. The van der Waals surface area contributed by atoms with Crippen LogP contribution in [-0.2, 0) is 64.0 Å². The summed E-state index contributed by atoms with van der Waals surface area (Å²) in [6.07, 6.45) is 5.03. The van der Waals surface area contributed by atoms with Crippen LogP contribution in [0.5, 0.6) is 0 Å². The minimum absolute atomic E-state index is 0.0416. The molecule has 3 rings (SSSR count). The van der Waals surface area contributed by atoms with Crippen molar-refractivity contribution in [3.63, 3.8) is 0 Å². The molecule has 11 amide bonds. The Hall–Kier alpha value is -6.71. The predicted molar refractivity (Wildman–Crippen MR) is 312 cm³/mol. The first-order valence-corrected chi connectivity index (χ1v) is 29.5. The van der Waals surface area contributed by atoms with Gasteiger partial charge in [-0.1, -0.05) is 32.0 Å². The van der Waals surface area contributed by atoms with Crippen LogP contribution < -0.4 is 64.6 Å². The van der Waals surface area contributed by atoms with Crippen LogP contribution in [0, 0.1) is 5.92 Å². The van der Waals surface area contributed by atoms with Crippen molar-refractivity contribution in [2.24, 2.45) is 17.4 Å². The van der Waals surface area contributed by atoms with E-state index in [2.05, 4.69) is 83.4 Å². The van der Waals surface area contributed by atoms with Gasteiger partial charge in [0.1, 0.15) is 54.4 Å². The first-order valence-electron chi connectivity index (χ1n) is 26.9. The van der Waals surface area contributed by atoms with Gasteiger partial charge >= 0.3 is 5.97 Å². The van der Waals surface area contributed by atoms with Crippen molar-refractivity contribution in [1.29, 1.82) is 0 Å². The van der Waals surface area contributed by atoms with Crippen LogP contribution in [0.15, 0.2) is 30.5 Å². The second kappa shape index (κ2) is 36.1. The molecule has 1 aromatic heterocycles. The zero-order chi connectivity index (χ0) is 61.9. The van der Waals surface area contributed by atoms with Crippen LogP contribution in [-0.4, -0.2) is 219 Å². The molecule has 0 unspecified atom stereocenters. The Morgan fingerprint density at radius 3 is 1.82 bits per heavy atom. The van der Waals surface area contributed by atoms with Crippen molar-refractivity contribution in [2.45, 2.75) is 126 Å². The van der Waals surface area contributed by atoms with Gasteiger partial charge in [-0.3, -0.25) is 52.7 Å². The number of nitrogens with zero attached hydrogens (tertiary/aromatic N) is 1. The highest BCUT2D eigenvalue weighted by Crippen LogP contribution is 2.22. The van der Waals surface area contributed by atoms with Crippen LogP contribution >= 0.6 is 37.0 Å². The van der Waals surface area contributed by atoms with Crippen LogP contribution in [0.2, 0.25) is 0 Å². The maximum atomic E-state index is 14.3. The number of likely N-dealkylation sites (tertiary alicyclic amines) is 1. The van der Waals surface area contributed by atoms with Crippen LogP contribution in [0.25, 0.3) is 10.9 Å². The molecule has 2 aromatic rings. The number of nitrogens with two attached hydrogens (primary N) is 2. The molecule has 1 aliphatic rings. The number of thiol groups is 2. The summed E-state index contributed by atoms with van der Waals surface area (Å²) in [4.78, 5) is 163. The quantitative estimate of drug-likeness (QED) is 0.0224. The number of carboxylic acids is 1. The van der Waals surface area contributed by atoms with Crippen LogP contribution in [0.4, 0.5) is 0 Å². The maximum absolute atomic E-state index is 14.3. The minimum atomic E-state index is -1.70. The molecule has 29 nitrogen and oxygen atoms in total. The van der Waals surface area contributed by atoms with Gasteiger partial charge < -0.3 is 89.8 Å². The first-order chi connectivity index (χ1) is 39.4. The second-order valence-corrected chi connectivity index (χ2v) is 21.6. The molecule has 0 saturated carbocycles. The molecule has 1 saturated heterocycles. The van der Waals surface area contributed by atoms with Crippen molar-refractivity contribution in [3.05, 3.63) is 36.0 Å². The van der Waals surface area contributed by atoms with Gasteiger partial charge in [0.05, 0.1) is 32.3 Å². The number of aliphatic hydroxyl groups is 2. The molecule has 0 spiro atoms. The summed E-state index contributed by atoms with van der Waals surface area (Å²) >= 11 is 9.87. The van der Waals surface area contributed by atoms with Gasteiger partial charge in [-0.25, -0.2) is 4.79 Å². The van der Waals surface area contributed by atoms with E-state index in [1.165, 1.54) is 23.6 Å². The van der Waals surface area contributed by atoms with E-state index in [1.807, 2.05) is 6.26 Å². The van der Waals surface area contributed by atoms with Crippen molar-refractivity contribution in [2.75, 3.05) is 62.9 Å². The molecule has 0 aliphatic carbocycles. The third-order valence-corrected chi connectivity index (χ3v) is 14.5. The van der Waals surface area contributed by atoms with E-state index in [9.17, 15) is 72.9 Å². The van der Waals surface area contributed by atoms with Gasteiger partial charge in [0.2, 0.25) is 65.0 Å². The van der Waals surface area contributed by atoms with E-state index in [0.717, 1.165) is 0 Å². The molecule has 0 radical (unpaired) electrons. The van der Waals surface area contributed by atoms with Gasteiger partial charge in [-0.15, -0.1) is 0 Å². The molecular formula is C51H80N14O15S3. The monoisotopic (exact) mass is 1220 g/mol. The number of carboxylic acid groups (broad SMARTS) is 1. The normalized spacial score (nSPS) is 16.3. The highest BCUT2D eigenvalue weighted by atomic mass is 32.2. The topological polar surface area (TPSA) is 457 Å². The van der Waals surface area contributed by atoms with Gasteiger partial charge in [-0.2, -0.15) is 37.0 Å². The van der Waals surface area contributed by atoms with E-state index in [-0.39, 0.29) is 43.7 Å². The number of aliphatic carboxylic acids is 1. The molecule has 0 bridgehead atoms. The Morgan fingerprint density at radius 2 is 1.23 bits per heavy atom. The Morgan fingerprint density at radius 1 is 0.675 bits per heavy atom. The molecule has 2 heterocycles. The molecule has 83 heavy (non-hydrogen) atoms. The summed E-state index contributed by atoms with van der Waals surface area (Å²) < 4.78 is 0. The lowest BCUT2D eigenvalue weighted by atomic mass is 10.0. The average Bonchev–Trinajstić information content (AvgIpc) is 4.32. The third-order valence-electron chi connectivity index (χ3n) is 13.2. The number of rotatable bonds is 36. The lowest BCUT2D eigenvalue weighted by Crippen LogP contribution is -2.62. The molecule has 1 aromatic carbocycles. The van der Waals surface area contributed by atoms with E-state index < -0.39 is 164 Å². The Labute approximate surface area is 495 Å². The van der Waals surface area contributed by atoms with Gasteiger partial charge in [0.15, 0.2) is 0 Å². The number of aromatic amines is 1. The first kappa shape index (κ1) is 70.6. The molecule has 1 aliphatic heterocycles. The molecular weight excluding hydrogens is 1140 g/mol. The number of thioether (sulfide) groups is 1. The highest BCUT2D eigenvalue weighted by Gasteiger charge is 2.41. The summed E-state index contributed by atoms with van der Waals surface area (Å²) in [5.41, 5.74) is 12.4. The number of hydrogen-bond acceptors (Lipinski definition) is 19. The Balaban J connectivity index is 1.69. The second-order valence-electron chi connectivity index (χ2n) is 19.9. The van der Waals surface area contributed by atoms with Gasteiger partial charge in [0.25, 0.3) is 0 Å². The minimum Gasteiger partial charge on any atom is -0.480 e. The number of fused-ring (bicyclic) bond motifs is 1.